The summed E-state index contributed by atoms with van der Waals surface area (Å²) in [7, 11) is 0. The highest BCUT2D eigenvalue weighted by molar-refractivity contribution is 5.78. The molecule has 1 aliphatic carbocycles. The van der Waals surface area contributed by atoms with Gasteiger partial charge in [-0.1, -0.05) is 6.92 Å². The average molecular weight is 282 g/mol. The molecule has 0 bridgehead atoms. The number of carbonyl (C=O) groups is 2. The van der Waals surface area contributed by atoms with Gasteiger partial charge < -0.3 is 15.5 Å². The number of piperazine rings is 1. The molecule has 20 heavy (non-hydrogen) atoms. The molecule has 2 aliphatic rings. The van der Waals surface area contributed by atoms with E-state index in [-0.39, 0.29) is 11.9 Å². The lowest BCUT2D eigenvalue weighted by atomic mass is 10.3. The normalized spacial score (nSPS) is 19.8. The summed E-state index contributed by atoms with van der Waals surface area (Å²) in [5.41, 5.74) is 0. The van der Waals surface area contributed by atoms with Crippen molar-refractivity contribution < 1.29 is 9.59 Å². The van der Waals surface area contributed by atoms with Crippen LogP contribution in [0.2, 0.25) is 0 Å². The first-order valence-electron chi connectivity index (χ1n) is 7.71. The highest BCUT2D eigenvalue weighted by atomic mass is 16.2. The number of nitrogens with zero attached hydrogens (tertiary/aromatic N) is 2. The van der Waals surface area contributed by atoms with E-state index in [0.29, 0.717) is 25.6 Å². The lowest BCUT2D eigenvalue weighted by Crippen LogP contribution is -2.53. The van der Waals surface area contributed by atoms with Crippen molar-refractivity contribution in [3.8, 4) is 0 Å². The maximum Gasteiger partial charge on any atom is 0.317 e. The Balaban J connectivity index is 1.61. The minimum Gasteiger partial charge on any atom is -0.355 e. The molecule has 0 aromatic heterocycles. The monoisotopic (exact) mass is 282 g/mol. The molecule has 2 N–H and O–H groups in total. The van der Waals surface area contributed by atoms with E-state index in [4.69, 9.17) is 0 Å². The zero-order chi connectivity index (χ0) is 14.4. The van der Waals surface area contributed by atoms with E-state index in [1.54, 1.807) is 0 Å². The topological polar surface area (TPSA) is 64.7 Å². The Morgan fingerprint density at radius 1 is 1.10 bits per heavy atom. The number of nitrogens with one attached hydrogen (secondary N) is 2. The summed E-state index contributed by atoms with van der Waals surface area (Å²) >= 11 is 0. The van der Waals surface area contributed by atoms with E-state index in [0.717, 1.165) is 32.6 Å². The van der Waals surface area contributed by atoms with Crippen molar-refractivity contribution in [2.45, 2.75) is 26.2 Å². The number of rotatable bonds is 6. The van der Waals surface area contributed by atoms with Crippen molar-refractivity contribution in [2.75, 3.05) is 45.8 Å². The van der Waals surface area contributed by atoms with E-state index in [1.807, 2.05) is 11.8 Å². The maximum atomic E-state index is 11.9. The second-order valence-electron chi connectivity index (χ2n) is 5.74. The number of urea groups is 1. The van der Waals surface area contributed by atoms with Gasteiger partial charge in [0.15, 0.2) is 0 Å². The molecule has 0 aromatic rings. The Morgan fingerprint density at radius 3 is 2.40 bits per heavy atom. The third-order valence-electron chi connectivity index (χ3n) is 3.84. The fourth-order valence-corrected chi connectivity index (χ4v) is 2.30. The van der Waals surface area contributed by atoms with E-state index in [1.165, 1.54) is 12.8 Å². The zero-order valence-electron chi connectivity index (χ0n) is 12.4. The summed E-state index contributed by atoms with van der Waals surface area (Å²) in [6.45, 7) is 7.00. The van der Waals surface area contributed by atoms with Gasteiger partial charge in [0.2, 0.25) is 5.91 Å². The van der Waals surface area contributed by atoms with Gasteiger partial charge >= 0.3 is 6.03 Å². The fourth-order valence-electron chi connectivity index (χ4n) is 2.30. The first-order chi connectivity index (χ1) is 9.69. The molecule has 0 spiro atoms. The van der Waals surface area contributed by atoms with Crippen LogP contribution in [0.1, 0.15) is 26.2 Å². The van der Waals surface area contributed by atoms with Crippen LogP contribution in [0.3, 0.4) is 0 Å². The first-order valence-corrected chi connectivity index (χ1v) is 7.71. The summed E-state index contributed by atoms with van der Waals surface area (Å²) < 4.78 is 0. The molecule has 114 valence electrons. The Labute approximate surface area is 120 Å². The average Bonchev–Trinajstić information content (AvgIpc) is 3.27. The molecular formula is C14H26N4O2. The van der Waals surface area contributed by atoms with E-state index in [2.05, 4.69) is 15.5 Å². The van der Waals surface area contributed by atoms with Crippen molar-refractivity contribution in [3.63, 3.8) is 0 Å². The SMILES string of the molecule is CCCNC(=O)CN1CCN(C(=O)NCC2CC2)CC1. The Morgan fingerprint density at radius 2 is 1.80 bits per heavy atom. The third-order valence-corrected chi connectivity index (χ3v) is 3.84. The van der Waals surface area contributed by atoms with Crippen molar-refractivity contribution in [3.05, 3.63) is 0 Å². The van der Waals surface area contributed by atoms with E-state index in [9.17, 15) is 9.59 Å². The molecule has 0 radical (unpaired) electrons. The highest BCUT2D eigenvalue weighted by Gasteiger charge is 2.25. The van der Waals surface area contributed by atoms with Crippen molar-refractivity contribution >= 4 is 11.9 Å². The Hall–Kier alpha value is -1.30. The van der Waals surface area contributed by atoms with Crippen LogP contribution in [0.5, 0.6) is 0 Å². The molecule has 1 heterocycles. The van der Waals surface area contributed by atoms with Crippen molar-refractivity contribution in [2.24, 2.45) is 5.92 Å². The summed E-state index contributed by atoms with van der Waals surface area (Å²) in [4.78, 5) is 27.5. The van der Waals surface area contributed by atoms with Gasteiger partial charge in [0.1, 0.15) is 0 Å². The minimum absolute atomic E-state index is 0.0481. The van der Waals surface area contributed by atoms with Crippen LogP contribution in [-0.2, 0) is 4.79 Å². The summed E-state index contributed by atoms with van der Waals surface area (Å²) in [5.74, 6) is 0.793. The Kier molecular flexibility index (Phi) is 5.64. The van der Waals surface area contributed by atoms with E-state index < -0.39 is 0 Å². The molecule has 2 rings (SSSR count). The van der Waals surface area contributed by atoms with Crippen LogP contribution in [0.25, 0.3) is 0 Å². The molecule has 1 saturated heterocycles. The quantitative estimate of drug-likeness (QED) is 0.734. The second-order valence-corrected chi connectivity index (χ2v) is 5.74. The molecule has 2 fully saturated rings. The fraction of sp³-hybridized carbons (Fsp3) is 0.857. The molecule has 3 amide bonds. The minimum atomic E-state index is 0.0481. The predicted molar refractivity (Wildman–Crippen MR) is 77.4 cm³/mol. The van der Waals surface area contributed by atoms with Crippen LogP contribution < -0.4 is 10.6 Å². The number of hydrogen-bond acceptors (Lipinski definition) is 3. The maximum absolute atomic E-state index is 11.9. The molecular weight excluding hydrogens is 256 g/mol. The van der Waals surface area contributed by atoms with Gasteiger partial charge in [0.05, 0.1) is 6.54 Å². The standard InChI is InChI=1S/C14H26N4O2/c1-2-5-15-13(19)11-17-6-8-18(9-7-17)14(20)16-10-12-3-4-12/h12H,2-11H2,1H3,(H,15,19)(H,16,20). The van der Waals surface area contributed by atoms with Gasteiger partial charge in [0, 0.05) is 39.3 Å². The summed E-state index contributed by atoms with van der Waals surface area (Å²) in [6.07, 6.45) is 3.46. The lowest BCUT2D eigenvalue weighted by molar-refractivity contribution is -0.122. The Bertz CT molecular complexity index is 336. The first kappa shape index (κ1) is 15.1. The van der Waals surface area contributed by atoms with Crippen molar-refractivity contribution in [1.82, 2.24) is 20.4 Å². The van der Waals surface area contributed by atoms with Gasteiger partial charge in [-0.25, -0.2) is 4.79 Å². The third kappa shape index (κ3) is 5.00. The van der Waals surface area contributed by atoms with Crippen LogP contribution in [0, 0.1) is 5.92 Å². The molecule has 1 aliphatic heterocycles. The van der Waals surface area contributed by atoms with Crippen LogP contribution >= 0.6 is 0 Å². The van der Waals surface area contributed by atoms with Gasteiger partial charge in [-0.05, 0) is 25.2 Å². The van der Waals surface area contributed by atoms with Gasteiger partial charge in [-0.15, -0.1) is 0 Å². The molecule has 0 aromatic carbocycles. The summed E-state index contributed by atoms with van der Waals surface area (Å²) in [6, 6.07) is 0.0481. The second kappa shape index (κ2) is 7.47. The number of hydrogen-bond donors (Lipinski definition) is 2. The van der Waals surface area contributed by atoms with Crippen LogP contribution in [0.4, 0.5) is 4.79 Å². The molecule has 6 nitrogen and oxygen atoms in total. The van der Waals surface area contributed by atoms with Gasteiger partial charge in [-0.3, -0.25) is 9.69 Å². The largest absolute Gasteiger partial charge is 0.355 e. The molecule has 0 unspecified atom stereocenters. The predicted octanol–water partition coefficient (Wildman–Crippen LogP) is 0.250. The highest BCUT2D eigenvalue weighted by Crippen LogP contribution is 2.27. The smallest absolute Gasteiger partial charge is 0.317 e. The van der Waals surface area contributed by atoms with Gasteiger partial charge in [0.25, 0.3) is 0 Å². The van der Waals surface area contributed by atoms with Gasteiger partial charge in [-0.2, -0.15) is 0 Å². The van der Waals surface area contributed by atoms with E-state index >= 15 is 0 Å². The number of amides is 3. The molecule has 1 saturated carbocycles. The van der Waals surface area contributed by atoms with Crippen LogP contribution in [0.15, 0.2) is 0 Å². The summed E-state index contributed by atoms with van der Waals surface area (Å²) in [5, 5.41) is 5.87. The van der Waals surface area contributed by atoms with Crippen molar-refractivity contribution in [1.29, 1.82) is 0 Å². The zero-order valence-corrected chi connectivity index (χ0v) is 12.4. The number of carbonyl (C=O) groups excluding carboxylic acids is 2. The molecule has 6 heteroatoms. The molecule has 0 atom stereocenters. The van der Waals surface area contributed by atoms with Crippen LogP contribution in [-0.4, -0.2) is 67.6 Å². The lowest BCUT2D eigenvalue weighted by Gasteiger charge is -2.34.